The average Bonchev–Trinajstić information content (AvgIpc) is 2.96. The summed E-state index contributed by atoms with van der Waals surface area (Å²) in [4.78, 5) is 15.2. The number of rotatable bonds is 4. The molecule has 1 aliphatic heterocycles. The van der Waals surface area contributed by atoms with E-state index < -0.39 is 0 Å². The zero-order chi connectivity index (χ0) is 17.3. The van der Waals surface area contributed by atoms with Gasteiger partial charge in [-0.2, -0.15) is 0 Å². The summed E-state index contributed by atoms with van der Waals surface area (Å²) in [5.41, 5.74) is 6.20. The molecule has 0 radical (unpaired) electrons. The van der Waals surface area contributed by atoms with E-state index in [2.05, 4.69) is 15.1 Å². The van der Waals surface area contributed by atoms with Gasteiger partial charge in [0.1, 0.15) is 5.82 Å². The number of nitrogens with two attached hydrogens (primary N) is 1. The maximum atomic E-state index is 13.1. The third kappa shape index (κ3) is 3.04. The Labute approximate surface area is 139 Å². The Kier molecular flexibility index (Phi) is 4.37. The third-order valence-electron chi connectivity index (χ3n) is 4.52. The van der Waals surface area contributed by atoms with Gasteiger partial charge in [-0.15, -0.1) is 10.2 Å². The Morgan fingerprint density at radius 3 is 2.46 bits per heavy atom. The quantitative estimate of drug-likeness (QED) is 0.916. The van der Waals surface area contributed by atoms with Crippen LogP contribution in [0.2, 0.25) is 0 Å². The summed E-state index contributed by atoms with van der Waals surface area (Å²) < 4.78 is 15.0. The Morgan fingerprint density at radius 2 is 1.88 bits per heavy atom. The van der Waals surface area contributed by atoms with E-state index in [0.29, 0.717) is 5.95 Å². The molecule has 2 aromatic rings. The molecule has 0 aliphatic carbocycles. The number of carbonyl (C=O) groups excluding carboxylic acids is 1. The summed E-state index contributed by atoms with van der Waals surface area (Å²) in [5.74, 6) is 0.846. The number of carbonyl (C=O) groups is 1. The fraction of sp³-hybridized carbons (Fsp3) is 0.438. The number of halogens is 1. The van der Waals surface area contributed by atoms with E-state index in [0.717, 1.165) is 37.6 Å². The first-order valence-electron chi connectivity index (χ1n) is 7.90. The molecule has 2 heterocycles. The molecule has 0 unspecified atom stereocenters. The van der Waals surface area contributed by atoms with E-state index in [4.69, 9.17) is 5.73 Å². The minimum atomic E-state index is -0.275. The number of hydrogen-bond donors (Lipinski definition) is 1. The van der Waals surface area contributed by atoms with Crippen LogP contribution in [-0.2, 0) is 11.8 Å². The number of benzene rings is 1. The van der Waals surface area contributed by atoms with Gasteiger partial charge in [-0.3, -0.25) is 9.36 Å². The zero-order valence-electron chi connectivity index (χ0n) is 13.8. The summed E-state index contributed by atoms with van der Waals surface area (Å²) in [6.45, 7) is 1.44. The Bertz CT molecular complexity index is 721. The Balaban J connectivity index is 1.76. The first kappa shape index (κ1) is 16.2. The van der Waals surface area contributed by atoms with Crippen molar-refractivity contribution >= 4 is 23.5 Å². The molecular weight excluding hydrogens is 311 g/mol. The normalized spacial score (nSPS) is 15.5. The van der Waals surface area contributed by atoms with Crippen molar-refractivity contribution in [2.45, 2.75) is 12.8 Å². The molecule has 1 fully saturated rings. The lowest BCUT2D eigenvalue weighted by Crippen LogP contribution is -2.39. The van der Waals surface area contributed by atoms with Crippen LogP contribution in [0.5, 0.6) is 0 Å². The lowest BCUT2D eigenvalue weighted by molar-refractivity contribution is -0.122. The van der Waals surface area contributed by atoms with Crippen molar-refractivity contribution in [1.29, 1.82) is 0 Å². The van der Waals surface area contributed by atoms with Crippen molar-refractivity contribution in [3.63, 3.8) is 0 Å². The van der Waals surface area contributed by atoms with Crippen molar-refractivity contribution in [2.24, 2.45) is 18.7 Å². The summed E-state index contributed by atoms with van der Waals surface area (Å²) in [6.07, 6.45) is 1.46. The smallest absolute Gasteiger partial charge is 0.232 e. The molecule has 0 saturated carbocycles. The molecule has 2 N–H and O–H groups in total. The molecule has 0 atom stereocenters. The van der Waals surface area contributed by atoms with Crippen LogP contribution in [0.15, 0.2) is 24.3 Å². The predicted octanol–water partition coefficient (Wildman–Crippen LogP) is 1.42. The van der Waals surface area contributed by atoms with Gasteiger partial charge in [0.05, 0.1) is 0 Å². The van der Waals surface area contributed by atoms with Gasteiger partial charge in [-0.1, -0.05) is 0 Å². The second-order valence-corrected chi connectivity index (χ2v) is 6.06. The van der Waals surface area contributed by atoms with Crippen molar-refractivity contribution in [2.75, 3.05) is 29.9 Å². The number of piperidine rings is 1. The average molecular weight is 332 g/mol. The monoisotopic (exact) mass is 332 g/mol. The van der Waals surface area contributed by atoms with Crippen molar-refractivity contribution in [1.82, 2.24) is 14.8 Å². The topological polar surface area (TPSA) is 80.3 Å². The largest absolute Gasteiger partial charge is 0.369 e. The summed E-state index contributed by atoms with van der Waals surface area (Å²) in [7, 11) is 3.76. The summed E-state index contributed by atoms with van der Waals surface area (Å²) >= 11 is 0. The van der Waals surface area contributed by atoms with Gasteiger partial charge in [-0.25, -0.2) is 4.39 Å². The molecule has 7 nitrogen and oxygen atoms in total. The lowest BCUT2D eigenvalue weighted by Gasteiger charge is -2.31. The number of nitrogens with zero attached hydrogens (tertiary/aromatic N) is 5. The molecule has 3 rings (SSSR count). The van der Waals surface area contributed by atoms with Gasteiger partial charge in [0.25, 0.3) is 0 Å². The highest BCUT2D eigenvalue weighted by atomic mass is 19.1. The Morgan fingerprint density at radius 1 is 1.25 bits per heavy atom. The van der Waals surface area contributed by atoms with Gasteiger partial charge in [0.15, 0.2) is 0 Å². The van der Waals surface area contributed by atoms with Crippen molar-refractivity contribution in [3.05, 3.63) is 30.1 Å². The van der Waals surface area contributed by atoms with Crippen LogP contribution in [0.25, 0.3) is 0 Å². The SMILES string of the molecule is CN(c1ccc(F)cc1)c1nnc(N2CCC(C(N)=O)CC2)n1C. The standard InChI is InChI=1S/C16H21FN6O/c1-21(13-5-3-12(17)4-6-13)15-19-20-16(22(15)2)23-9-7-11(8-10-23)14(18)24/h3-6,11H,7-10H2,1-2H3,(H2,18,24). The number of hydrogen-bond acceptors (Lipinski definition) is 5. The van der Waals surface area contributed by atoms with Crippen LogP contribution < -0.4 is 15.5 Å². The molecule has 8 heteroatoms. The van der Waals surface area contributed by atoms with E-state index in [1.807, 2.05) is 23.6 Å². The molecule has 128 valence electrons. The van der Waals surface area contributed by atoms with Crippen LogP contribution in [0, 0.1) is 11.7 Å². The molecule has 0 bridgehead atoms. The lowest BCUT2D eigenvalue weighted by atomic mass is 9.96. The van der Waals surface area contributed by atoms with Crippen LogP contribution in [0.1, 0.15) is 12.8 Å². The van der Waals surface area contributed by atoms with E-state index in [-0.39, 0.29) is 17.6 Å². The number of primary amides is 1. The van der Waals surface area contributed by atoms with E-state index >= 15 is 0 Å². The van der Waals surface area contributed by atoms with E-state index in [9.17, 15) is 9.18 Å². The van der Waals surface area contributed by atoms with Gasteiger partial charge >= 0.3 is 0 Å². The molecule has 24 heavy (non-hydrogen) atoms. The summed E-state index contributed by atoms with van der Waals surface area (Å²) in [6, 6.07) is 6.22. The predicted molar refractivity (Wildman–Crippen MR) is 89.6 cm³/mol. The minimum absolute atomic E-state index is 0.0594. The van der Waals surface area contributed by atoms with Crippen LogP contribution >= 0.6 is 0 Å². The first-order chi connectivity index (χ1) is 11.5. The van der Waals surface area contributed by atoms with E-state index in [1.165, 1.54) is 12.1 Å². The molecule has 1 aromatic heterocycles. The van der Waals surface area contributed by atoms with Gasteiger partial charge in [0, 0.05) is 38.8 Å². The third-order valence-corrected chi connectivity index (χ3v) is 4.52. The first-order valence-corrected chi connectivity index (χ1v) is 7.90. The molecule has 1 saturated heterocycles. The molecular formula is C16H21FN6O. The fourth-order valence-electron chi connectivity index (χ4n) is 3.02. The van der Waals surface area contributed by atoms with Crippen LogP contribution in [0.4, 0.5) is 22.0 Å². The van der Waals surface area contributed by atoms with Gasteiger partial charge < -0.3 is 15.5 Å². The molecule has 1 aliphatic rings. The Hall–Kier alpha value is -2.64. The molecule has 1 aromatic carbocycles. The number of aromatic nitrogens is 3. The van der Waals surface area contributed by atoms with Crippen LogP contribution in [-0.4, -0.2) is 40.8 Å². The van der Waals surface area contributed by atoms with Gasteiger partial charge in [0.2, 0.25) is 17.8 Å². The summed E-state index contributed by atoms with van der Waals surface area (Å²) in [5, 5.41) is 8.54. The maximum absolute atomic E-state index is 13.1. The zero-order valence-corrected chi connectivity index (χ0v) is 13.8. The minimum Gasteiger partial charge on any atom is -0.369 e. The van der Waals surface area contributed by atoms with Gasteiger partial charge in [-0.05, 0) is 37.1 Å². The second-order valence-electron chi connectivity index (χ2n) is 6.06. The highest BCUT2D eigenvalue weighted by molar-refractivity contribution is 5.77. The molecule has 1 amide bonds. The number of anilines is 3. The maximum Gasteiger partial charge on any atom is 0.232 e. The van der Waals surface area contributed by atoms with E-state index in [1.54, 1.807) is 12.1 Å². The fourth-order valence-corrected chi connectivity index (χ4v) is 3.02. The molecule has 0 spiro atoms. The van der Waals surface area contributed by atoms with Crippen LogP contribution in [0.3, 0.4) is 0 Å². The van der Waals surface area contributed by atoms with Crippen molar-refractivity contribution < 1.29 is 9.18 Å². The number of amides is 1. The highest BCUT2D eigenvalue weighted by Crippen LogP contribution is 2.27. The van der Waals surface area contributed by atoms with Crippen molar-refractivity contribution in [3.8, 4) is 0 Å². The highest BCUT2D eigenvalue weighted by Gasteiger charge is 2.26. The second kappa shape index (κ2) is 6.46.